The van der Waals surface area contributed by atoms with Crippen LogP contribution in [-0.2, 0) is 55.4 Å². The van der Waals surface area contributed by atoms with Crippen molar-refractivity contribution in [2.45, 2.75) is 57.7 Å². The van der Waals surface area contributed by atoms with Crippen molar-refractivity contribution in [2.75, 3.05) is 91.8 Å². The molecule has 70 heavy (non-hydrogen) atoms. The molecule has 3 aliphatic rings. The fraction of sp³-hybridized carbons (Fsp3) is 0.447. The molecule has 1 aliphatic carbocycles. The van der Waals surface area contributed by atoms with Crippen LogP contribution >= 0.6 is 42.4 Å². The zero-order valence-electron chi connectivity index (χ0n) is 40.1. The molecule has 2 aromatic rings. The highest BCUT2D eigenvalue weighted by atomic mass is 35.5. The molecule has 0 fully saturated rings. The summed E-state index contributed by atoms with van der Waals surface area (Å²) in [6.45, 7) is 13.9. The fourth-order valence-electron chi connectivity index (χ4n) is 6.52. The lowest BCUT2D eigenvalue weighted by Crippen LogP contribution is -2.39. The Balaban J connectivity index is 0.000000487. The van der Waals surface area contributed by atoms with E-state index in [4.69, 9.17) is 60.7 Å². The second kappa shape index (κ2) is 32.3. The number of carbonyl (C=O) groups is 6. The summed E-state index contributed by atoms with van der Waals surface area (Å²) in [4.78, 5) is 92.5. The summed E-state index contributed by atoms with van der Waals surface area (Å²) in [6.07, 6.45) is 18.0. The number of alkyl halides is 3. The number of ether oxygens (including phenoxy) is 2. The number of amides is 5. The van der Waals surface area contributed by atoms with Crippen molar-refractivity contribution in [3.8, 4) is 18.1 Å². The molecular formula is C47H62Cl3FN5O12PS. The number of carboxylic acids is 1. The van der Waals surface area contributed by atoms with Crippen LogP contribution in [0.2, 0.25) is 0 Å². The van der Waals surface area contributed by atoms with Crippen LogP contribution in [0.15, 0.2) is 66.8 Å². The highest BCUT2D eigenvalue weighted by Crippen LogP contribution is 2.42. The zero-order chi connectivity index (χ0) is 53.3. The first-order chi connectivity index (χ1) is 33.0. The first-order valence-electron chi connectivity index (χ1n) is 21.5. The highest BCUT2D eigenvalue weighted by molar-refractivity contribution is 7.94. The van der Waals surface area contributed by atoms with Crippen LogP contribution in [0.5, 0.6) is 5.75 Å². The largest absolute Gasteiger partial charge is 0.778 e. The maximum atomic E-state index is 14.7. The van der Waals surface area contributed by atoms with Crippen molar-refractivity contribution in [1.82, 2.24) is 10.2 Å². The number of hydrogen-bond acceptors (Lipinski definition) is 11. The van der Waals surface area contributed by atoms with Gasteiger partial charge in [-0.2, -0.15) is 0 Å². The van der Waals surface area contributed by atoms with Gasteiger partial charge < -0.3 is 33.8 Å². The average molecular weight is 1080 g/mol. The van der Waals surface area contributed by atoms with Crippen LogP contribution in [0.3, 0.4) is 0 Å². The van der Waals surface area contributed by atoms with Crippen LogP contribution in [0.4, 0.5) is 21.5 Å². The van der Waals surface area contributed by atoms with Crippen molar-refractivity contribution in [2.24, 2.45) is 0 Å². The number of benzene rings is 2. The number of para-hydroxylation sites is 1. The number of aryl methyl sites for hydroxylation is 2. The molecule has 5 rings (SSSR count). The Bertz CT molecular complexity index is 2250. The molecule has 0 saturated carbocycles. The van der Waals surface area contributed by atoms with E-state index in [1.165, 1.54) is 15.9 Å². The summed E-state index contributed by atoms with van der Waals surface area (Å²) < 4.78 is 35.3. The van der Waals surface area contributed by atoms with Crippen molar-refractivity contribution in [3.05, 3.63) is 83.7 Å². The number of hydrogen-bond donors (Lipinski definition) is 3. The Morgan fingerprint density at radius 3 is 2.10 bits per heavy atom. The second-order valence-corrected chi connectivity index (χ2v) is 20.7. The second-order valence-electron chi connectivity index (χ2n) is 15.3. The summed E-state index contributed by atoms with van der Waals surface area (Å²) in [5.41, 5.74) is 4.12. The number of fused-ring (bicyclic) bond motifs is 1. The standard InChI is InChI=1S/C19H15FN2O4.C14H20ClNO2.C8H11Cl2NO.C3H8NO5P.C3H9S/c1-2-7-21-15-9-14(13(20)8-16(15)26-10-17(21)23)22-18(24)11-5-3-4-6-12(11)19(22)25;1-4-12-8-6-7-11(3)14(12)16(10-18-5-2)13(17)9-15;1-3-5-11(6-4-2)8(12)7(9)10;5-3(6)1-4-2-10(7,8)9;1-4(2)3/h1,8-9H,3-7,10H2;6-8H,4-5,9-10H2,1-3H3;3-4,7H,1-2,5-6H2;4H,1-2H2,(H,5,6)(H2,7,8,9);1-3H3/q;;;;+1/p-1. The van der Waals surface area contributed by atoms with E-state index in [2.05, 4.69) is 44.8 Å². The molecule has 0 bridgehead atoms. The number of rotatable bonds is 17. The van der Waals surface area contributed by atoms with E-state index in [0.29, 0.717) is 54.6 Å². The molecular weight excluding hydrogens is 1010 g/mol. The van der Waals surface area contributed by atoms with Gasteiger partial charge in [-0.05, 0) is 74.0 Å². The van der Waals surface area contributed by atoms with E-state index >= 15 is 0 Å². The first kappa shape index (κ1) is 63.3. The number of terminal acetylenes is 1. The summed E-state index contributed by atoms with van der Waals surface area (Å²) in [5.74, 6) is -1.26. The Morgan fingerprint density at radius 1 is 1.07 bits per heavy atom. The van der Waals surface area contributed by atoms with Gasteiger partial charge >= 0.3 is 5.97 Å². The monoisotopic (exact) mass is 1080 g/mol. The summed E-state index contributed by atoms with van der Waals surface area (Å²) in [6, 6.07) is 8.39. The van der Waals surface area contributed by atoms with Gasteiger partial charge in [0.1, 0.15) is 26.0 Å². The molecule has 0 aromatic heterocycles. The minimum absolute atomic E-state index is 0.0170. The van der Waals surface area contributed by atoms with E-state index in [9.17, 15) is 42.6 Å². The lowest BCUT2D eigenvalue weighted by Gasteiger charge is -2.29. The molecule has 2 aliphatic heterocycles. The molecule has 2 aromatic carbocycles. The Morgan fingerprint density at radius 2 is 1.64 bits per heavy atom. The SMILES string of the molecule is C#CCN1C(=O)COc2cc(F)c(N3C(=O)C4=C(CCCC4)C3=O)cc21.C=CCN(CC=C)C(=O)C(Cl)Cl.CCOCN(C(=O)CCl)c1c(C)cccc1CC.C[S+](C)C.O=C(O)CNCP(=O)([O-])O. The molecule has 17 nitrogen and oxygen atoms in total. The normalized spacial score (nSPS) is 14.3. The number of imide groups is 1. The lowest BCUT2D eigenvalue weighted by molar-refractivity contribution is -0.193. The minimum Gasteiger partial charge on any atom is -0.778 e. The van der Waals surface area contributed by atoms with Gasteiger partial charge in [0, 0.05) is 36.9 Å². The van der Waals surface area contributed by atoms with E-state index < -0.39 is 48.9 Å². The quantitative estimate of drug-likeness (QED) is 0.0329. The smallest absolute Gasteiger partial charge is 0.317 e. The molecule has 2 heterocycles. The predicted octanol–water partition coefficient (Wildman–Crippen LogP) is 5.70. The minimum atomic E-state index is -4.35. The van der Waals surface area contributed by atoms with Crippen LogP contribution in [0.25, 0.3) is 0 Å². The Hall–Kier alpha value is -4.74. The van der Waals surface area contributed by atoms with Crippen molar-refractivity contribution in [3.63, 3.8) is 0 Å². The van der Waals surface area contributed by atoms with Gasteiger partial charge in [-0.15, -0.1) is 31.2 Å². The third kappa shape index (κ3) is 20.5. The van der Waals surface area contributed by atoms with Crippen LogP contribution < -0.4 is 29.6 Å². The maximum Gasteiger partial charge on any atom is 0.317 e. The van der Waals surface area contributed by atoms with E-state index in [0.717, 1.165) is 47.0 Å². The van der Waals surface area contributed by atoms with Gasteiger partial charge in [0.2, 0.25) is 5.91 Å². The molecule has 0 saturated heterocycles. The highest BCUT2D eigenvalue weighted by Gasteiger charge is 2.42. The fourth-order valence-corrected chi connectivity index (χ4v) is 7.34. The summed E-state index contributed by atoms with van der Waals surface area (Å²) in [7, 11) is -3.71. The lowest BCUT2D eigenvalue weighted by atomic mass is 9.93. The average Bonchev–Trinajstić information content (AvgIpc) is 3.55. The van der Waals surface area contributed by atoms with Gasteiger partial charge in [-0.25, -0.2) is 9.29 Å². The molecule has 3 N–H and O–H groups in total. The number of halogens is 4. The van der Waals surface area contributed by atoms with Gasteiger partial charge in [0.15, 0.2) is 17.3 Å². The third-order valence-electron chi connectivity index (χ3n) is 9.45. The number of nitrogens with one attached hydrogen (secondary N) is 1. The summed E-state index contributed by atoms with van der Waals surface area (Å²) in [5, 5.41) is 9.97. The van der Waals surface area contributed by atoms with E-state index in [1.807, 2.05) is 37.4 Å². The first-order valence-corrected chi connectivity index (χ1v) is 27.1. The van der Waals surface area contributed by atoms with Crippen LogP contribution in [0, 0.1) is 25.1 Å². The van der Waals surface area contributed by atoms with Crippen molar-refractivity contribution < 1.29 is 62.1 Å². The van der Waals surface area contributed by atoms with Crippen molar-refractivity contribution >= 4 is 106 Å². The van der Waals surface area contributed by atoms with Crippen LogP contribution in [-0.4, -0.2) is 132 Å². The van der Waals surface area contributed by atoms with Gasteiger partial charge in [0.05, 0.1) is 55.2 Å². The van der Waals surface area contributed by atoms with Crippen molar-refractivity contribution in [1.29, 1.82) is 0 Å². The molecule has 1 atom stereocenters. The van der Waals surface area contributed by atoms with E-state index in [-0.39, 0.29) is 60.6 Å². The molecule has 0 radical (unpaired) electrons. The van der Waals surface area contributed by atoms with E-state index in [1.54, 1.807) is 17.1 Å². The molecule has 23 heteroatoms. The summed E-state index contributed by atoms with van der Waals surface area (Å²) >= 11 is 16.5. The number of nitrogens with zero attached hydrogens (tertiary/aromatic N) is 4. The van der Waals surface area contributed by atoms with Gasteiger partial charge in [0.25, 0.3) is 23.6 Å². The number of anilines is 3. The number of aliphatic carboxylic acids is 1. The molecule has 1 unspecified atom stereocenters. The molecule has 5 amide bonds. The Labute approximate surface area is 427 Å². The van der Waals surface area contributed by atoms with Crippen LogP contribution in [0.1, 0.15) is 50.7 Å². The predicted molar refractivity (Wildman–Crippen MR) is 274 cm³/mol. The van der Waals surface area contributed by atoms with Gasteiger partial charge in [-0.1, -0.05) is 66.4 Å². The zero-order valence-corrected chi connectivity index (χ0v) is 44.1. The topological polar surface area (TPSA) is 226 Å². The molecule has 0 spiro atoms. The van der Waals surface area contributed by atoms with Gasteiger partial charge in [-0.3, -0.25) is 43.9 Å². The number of carbonyl (C=O) groups excluding carboxylic acids is 5. The maximum absolute atomic E-state index is 14.7. The third-order valence-corrected chi connectivity index (χ3v) is 10.7. The number of carboxylic acid groups (broad SMARTS) is 1. The Kier molecular flexibility index (Phi) is 29.2. The molecule has 386 valence electrons.